The normalized spacial score (nSPS) is 11.3. The third-order valence-electron chi connectivity index (χ3n) is 2.63. The van der Waals surface area contributed by atoms with Crippen molar-refractivity contribution in [2.45, 2.75) is 19.4 Å². The van der Waals surface area contributed by atoms with Gasteiger partial charge in [-0.3, -0.25) is 4.79 Å². The number of benzene rings is 1. The molecule has 0 aliphatic heterocycles. The van der Waals surface area contributed by atoms with Crippen LogP contribution in [0.1, 0.15) is 24.2 Å². The number of rotatable bonds is 3. The minimum Gasteiger partial charge on any atom is -0.335 e. The molecule has 1 aromatic carbocycles. The molecule has 0 unspecified atom stereocenters. The predicted octanol–water partition coefficient (Wildman–Crippen LogP) is 3.43. The highest BCUT2D eigenvalue weighted by molar-refractivity contribution is 6.30. The predicted molar refractivity (Wildman–Crippen MR) is 68.3 cm³/mol. The Morgan fingerprint density at radius 2 is 1.81 bits per heavy atom. The molecule has 1 amide bonds. The first-order valence-corrected chi connectivity index (χ1v) is 5.89. The van der Waals surface area contributed by atoms with Crippen molar-refractivity contribution in [3.8, 4) is 0 Å². The van der Waals surface area contributed by atoms with Crippen LogP contribution in [0, 0.1) is 0 Å². The van der Waals surface area contributed by atoms with Gasteiger partial charge in [-0.25, -0.2) is 0 Å². The van der Waals surface area contributed by atoms with Crippen LogP contribution in [0.2, 0.25) is 5.02 Å². The van der Waals surface area contributed by atoms with Crippen LogP contribution in [0.5, 0.6) is 0 Å². The fraction of sp³-hybridized carbons (Fsp3) is 0.417. The molecule has 0 N–H and O–H groups in total. The maximum Gasteiger partial charge on any atom is 0.254 e. The highest BCUT2D eigenvalue weighted by atomic mass is 35.5. The number of amides is 1. The van der Waals surface area contributed by atoms with E-state index < -0.39 is 0 Å². The van der Waals surface area contributed by atoms with E-state index in [2.05, 4.69) is 0 Å². The van der Waals surface area contributed by atoms with Crippen molar-refractivity contribution in [1.29, 1.82) is 0 Å². The average molecular weight is 260 g/mol. The summed E-state index contributed by atoms with van der Waals surface area (Å²) in [5.74, 6) is 0.338. The van der Waals surface area contributed by atoms with Gasteiger partial charge in [-0.2, -0.15) is 0 Å². The molecule has 4 heteroatoms. The van der Waals surface area contributed by atoms with Crippen LogP contribution in [-0.2, 0) is 0 Å². The van der Waals surface area contributed by atoms with Crippen molar-refractivity contribution in [3.63, 3.8) is 0 Å². The number of carbonyl (C=O) groups excluding carboxylic acids is 1. The van der Waals surface area contributed by atoms with E-state index in [9.17, 15) is 4.79 Å². The van der Waals surface area contributed by atoms with Crippen LogP contribution < -0.4 is 0 Å². The van der Waals surface area contributed by atoms with Crippen molar-refractivity contribution in [2.24, 2.45) is 0 Å². The van der Waals surface area contributed by atoms with Crippen LogP contribution in [-0.4, -0.2) is 29.3 Å². The summed E-state index contributed by atoms with van der Waals surface area (Å²) in [5, 5.41) is 0.621. The molecule has 16 heavy (non-hydrogen) atoms. The topological polar surface area (TPSA) is 20.3 Å². The average Bonchev–Trinajstić information content (AvgIpc) is 2.28. The van der Waals surface area contributed by atoms with Crippen LogP contribution >= 0.6 is 23.2 Å². The molecule has 0 fully saturated rings. The number of nitrogens with zero attached hydrogens (tertiary/aromatic N) is 1. The first kappa shape index (κ1) is 13.3. The molecule has 0 radical (unpaired) electrons. The number of halogens is 2. The maximum atomic E-state index is 12.1. The van der Waals surface area contributed by atoms with Crippen LogP contribution in [0.4, 0.5) is 0 Å². The summed E-state index contributed by atoms with van der Waals surface area (Å²) in [7, 11) is 1.75. The third kappa shape index (κ3) is 2.89. The molecule has 0 atom stereocenters. The Morgan fingerprint density at radius 1 is 1.31 bits per heavy atom. The minimum absolute atomic E-state index is 0.0534. The monoisotopic (exact) mass is 259 g/mol. The van der Waals surface area contributed by atoms with Gasteiger partial charge in [0.25, 0.3) is 5.91 Å². The fourth-order valence-corrected chi connectivity index (χ4v) is 1.46. The second-order valence-corrected chi connectivity index (χ2v) is 5.02. The lowest BCUT2D eigenvalue weighted by atomic mass is 10.0. The van der Waals surface area contributed by atoms with E-state index in [0.29, 0.717) is 16.5 Å². The molecule has 88 valence electrons. The molecule has 0 heterocycles. The third-order valence-corrected chi connectivity index (χ3v) is 3.54. The van der Waals surface area contributed by atoms with Gasteiger partial charge >= 0.3 is 0 Å². The lowest BCUT2D eigenvalue weighted by Crippen LogP contribution is -2.46. The summed E-state index contributed by atoms with van der Waals surface area (Å²) in [6.45, 7) is 3.85. The molecule has 0 aromatic heterocycles. The van der Waals surface area contributed by atoms with Gasteiger partial charge in [0.15, 0.2) is 0 Å². The highest BCUT2D eigenvalue weighted by Gasteiger charge is 2.27. The Bertz CT molecular complexity index is 373. The van der Waals surface area contributed by atoms with Crippen molar-refractivity contribution in [1.82, 2.24) is 4.90 Å². The minimum atomic E-state index is -0.363. The van der Waals surface area contributed by atoms with Crippen molar-refractivity contribution < 1.29 is 4.79 Å². The molecular formula is C12H15Cl2NO. The standard InChI is InChI=1S/C12H15Cl2NO/c1-12(2,8-13)15(3)11(16)9-4-6-10(14)7-5-9/h4-7H,8H2,1-3H3. The lowest BCUT2D eigenvalue weighted by Gasteiger charge is -2.33. The van der Waals surface area contributed by atoms with Gasteiger partial charge in [0.05, 0.1) is 5.54 Å². The first-order valence-electron chi connectivity index (χ1n) is 4.98. The van der Waals surface area contributed by atoms with Crippen LogP contribution in [0.15, 0.2) is 24.3 Å². The Balaban J connectivity index is 2.90. The van der Waals surface area contributed by atoms with Crippen molar-refractivity contribution in [3.05, 3.63) is 34.9 Å². The van der Waals surface area contributed by atoms with Crippen molar-refractivity contribution in [2.75, 3.05) is 12.9 Å². The molecule has 0 bridgehead atoms. The maximum absolute atomic E-state index is 12.1. The number of alkyl halides is 1. The van der Waals surface area contributed by atoms with Gasteiger partial charge in [0.1, 0.15) is 0 Å². The van der Waals surface area contributed by atoms with Gasteiger partial charge in [0, 0.05) is 23.5 Å². The zero-order valence-electron chi connectivity index (χ0n) is 9.63. The second kappa shape index (κ2) is 5.07. The summed E-state index contributed by atoms with van der Waals surface area (Å²) in [4.78, 5) is 13.7. The summed E-state index contributed by atoms with van der Waals surface area (Å²) in [5.41, 5.74) is 0.253. The molecule has 0 saturated carbocycles. The molecule has 2 nitrogen and oxygen atoms in total. The largest absolute Gasteiger partial charge is 0.335 e. The second-order valence-electron chi connectivity index (χ2n) is 4.32. The van der Waals surface area contributed by atoms with E-state index in [0.717, 1.165) is 0 Å². The SMILES string of the molecule is CN(C(=O)c1ccc(Cl)cc1)C(C)(C)CCl. The highest BCUT2D eigenvalue weighted by Crippen LogP contribution is 2.18. The number of carbonyl (C=O) groups is 1. The van der Waals surface area contributed by atoms with E-state index in [4.69, 9.17) is 23.2 Å². The summed E-state index contributed by atoms with van der Waals surface area (Å²) >= 11 is 11.6. The molecule has 0 spiro atoms. The van der Waals surface area contributed by atoms with Gasteiger partial charge in [-0.05, 0) is 38.1 Å². The quantitative estimate of drug-likeness (QED) is 0.762. The molecular weight excluding hydrogens is 245 g/mol. The smallest absolute Gasteiger partial charge is 0.254 e. The first-order chi connectivity index (χ1) is 7.38. The Kier molecular flexibility index (Phi) is 4.22. The Hall–Kier alpha value is -0.730. The van der Waals surface area contributed by atoms with Gasteiger partial charge < -0.3 is 4.90 Å². The summed E-state index contributed by atoms with van der Waals surface area (Å²) < 4.78 is 0. The molecule has 0 aliphatic carbocycles. The Morgan fingerprint density at radius 3 is 2.25 bits per heavy atom. The Labute approximate surface area is 106 Å². The van der Waals surface area contributed by atoms with E-state index in [1.165, 1.54) is 0 Å². The van der Waals surface area contributed by atoms with Crippen molar-refractivity contribution >= 4 is 29.1 Å². The number of hydrogen-bond donors (Lipinski definition) is 0. The fourth-order valence-electron chi connectivity index (χ4n) is 1.15. The molecule has 1 rings (SSSR count). The lowest BCUT2D eigenvalue weighted by molar-refractivity contribution is 0.0660. The van der Waals surface area contributed by atoms with E-state index in [1.54, 1.807) is 36.2 Å². The van der Waals surface area contributed by atoms with Crippen LogP contribution in [0.25, 0.3) is 0 Å². The van der Waals surface area contributed by atoms with Gasteiger partial charge in [0.2, 0.25) is 0 Å². The van der Waals surface area contributed by atoms with E-state index >= 15 is 0 Å². The van der Waals surface area contributed by atoms with Crippen LogP contribution in [0.3, 0.4) is 0 Å². The van der Waals surface area contributed by atoms with Gasteiger partial charge in [-0.15, -0.1) is 11.6 Å². The van der Waals surface area contributed by atoms with E-state index in [1.807, 2.05) is 13.8 Å². The number of hydrogen-bond acceptors (Lipinski definition) is 1. The summed E-state index contributed by atoms with van der Waals surface area (Å²) in [6, 6.07) is 6.84. The molecule has 0 aliphatic rings. The zero-order valence-corrected chi connectivity index (χ0v) is 11.1. The molecule has 0 saturated heterocycles. The zero-order chi connectivity index (χ0) is 12.3. The molecule has 1 aromatic rings. The van der Waals surface area contributed by atoms with E-state index in [-0.39, 0.29) is 11.4 Å². The van der Waals surface area contributed by atoms with Gasteiger partial charge in [-0.1, -0.05) is 11.6 Å². The summed E-state index contributed by atoms with van der Waals surface area (Å²) in [6.07, 6.45) is 0.